The molecule has 1 aromatic rings. The fraction of sp³-hybridized carbons (Fsp3) is 0.533. The normalized spacial score (nSPS) is 19.3. The summed E-state index contributed by atoms with van der Waals surface area (Å²) in [6, 6.07) is 7.52. The Bertz CT molecular complexity index is 464. The van der Waals surface area contributed by atoms with Crippen LogP contribution in [-0.2, 0) is 4.79 Å². The van der Waals surface area contributed by atoms with Gasteiger partial charge in [-0.05, 0) is 36.6 Å². The first kappa shape index (κ1) is 18.1. The third kappa shape index (κ3) is 4.77. The van der Waals surface area contributed by atoms with Gasteiger partial charge in [0.05, 0.1) is 6.04 Å². The first-order chi connectivity index (χ1) is 9.47. The minimum atomic E-state index is -0.431. The van der Waals surface area contributed by atoms with Crippen molar-refractivity contribution in [1.82, 2.24) is 5.32 Å². The number of hydrogen-bond acceptors (Lipinski definition) is 3. The third-order valence-electron chi connectivity index (χ3n) is 3.75. The molecule has 1 heterocycles. The molecule has 0 radical (unpaired) electrons. The predicted octanol–water partition coefficient (Wildman–Crippen LogP) is 2.44. The lowest BCUT2D eigenvalue weighted by Gasteiger charge is -2.21. The number of benzene rings is 1. The number of amides is 1. The molecular weight excluding hydrogens is 309 g/mol. The van der Waals surface area contributed by atoms with Crippen molar-refractivity contribution in [3.8, 4) is 0 Å². The van der Waals surface area contributed by atoms with Gasteiger partial charge in [-0.15, -0.1) is 12.4 Å². The number of rotatable bonds is 4. The highest BCUT2D eigenvalue weighted by atomic mass is 35.5. The van der Waals surface area contributed by atoms with Gasteiger partial charge < -0.3 is 16.0 Å². The monoisotopic (exact) mass is 331 g/mol. The van der Waals surface area contributed by atoms with Crippen LogP contribution >= 0.6 is 24.0 Å². The second kappa shape index (κ2) is 7.87. The van der Waals surface area contributed by atoms with Crippen LogP contribution in [0.1, 0.15) is 20.3 Å². The van der Waals surface area contributed by atoms with Gasteiger partial charge in [0.25, 0.3) is 0 Å². The molecule has 2 rings (SSSR count). The van der Waals surface area contributed by atoms with Crippen molar-refractivity contribution < 1.29 is 4.79 Å². The van der Waals surface area contributed by atoms with Gasteiger partial charge in [-0.3, -0.25) is 4.79 Å². The van der Waals surface area contributed by atoms with Crippen LogP contribution in [0, 0.1) is 5.92 Å². The molecule has 0 aromatic heterocycles. The van der Waals surface area contributed by atoms with Crippen molar-refractivity contribution in [2.45, 2.75) is 32.4 Å². The van der Waals surface area contributed by atoms with E-state index in [9.17, 15) is 4.79 Å². The van der Waals surface area contributed by atoms with Crippen molar-refractivity contribution in [3.05, 3.63) is 29.3 Å². The number of nitrogens with two attached hydrogens (primary N) is 1. The average molecular weight is 332 g/mol. The molecule has 3 N–H and O–H groups in total. The average Bonchev–Trinajstić information content (AvgIpc) is 2.87. The van der Waals surface area contributed by atoms with E-state index in [4.69, 9.17) is 17.3 Å². The maximum absolute atomic E-state index is 12.0. The molecule has 0 bridgehead atoms. The number of halogens is 2. The van der Waals surface area contributed by atoms with E-state index in [1.807, 2.05) is 38.1 Å². The maximum Gasteiger partial charge on any atom is 0.237 e. The lowest BCUT2D eigenvalue weighted by Crippen LogP contribution is -2.48. The highest BCUT2D eigenvalue weighted by Crippen LogP contribution is 2.22. The number of anilines is 1. The Hall–Kier alpha value is -0.970. The van der Waals surface area contributed by atoms with E-state index in [2.05, 4.69) is 10.2 Å². The Kier molecular flexibility index (Phi) is 6.78. The number of hydrogen-bond donors (Lipinski definition) is 2. The molecule has 1 saturated heterocycles. The molecule has 6 heteroatoms. The number of nitrogens with zero attached hydrogens (tertiary/aromatic N) is 1. The topological polar surface area (TPSA) is 58.4 Å². The lowest BCUT2D eigenvalue weighted by atomic mass is 10.0. The van der Waals surface area contributed by atoms with E-state index < -0.39 is 6.04 Å². The molecule has 0 aliphatic carbocycles. The second-order valence-corrected chi connectivity index (χ2v) is 6.12. The third-order valence-corrected chi connectivity index (χ3v) is 4.00. The quantitative estimate of drug-likeness (QED) is 0.890. The molecule has 0 saturated carbocycles. The molecule has 2 atom stereocenters. The Morgan fingerprint density at radius 1 is 1.38 bits per heavy atom. The summed E-state index contributed by atoms with van der Waals surface area (Å²) in [6.45, 7) is 5.67. The van der Waals surface area contributed by atoms with Crippen molar-refractivity contribution in [2.24, 2.45) is 11.7 Å². The molecule has 1 aliphatic rings. The van der Waals surface area contributed by atoms with E-state index in [0.717, 1.165) is 30.2 Å². The summed E-state index contributed by atoms with van der Waals surface area (Å²) >= 11 is 5.89. The first-order valence-corrected chi connectivity index (χ1v) is 7.41. The highest BCUT2D eigenvalue weighted by molar-refractivity contribution is 6.30. The molecular formula is C15H23Cl2N3O. The van der Waals surface area contributed by atoms with E-state index in [1.165, 1.54) is 0 Å². The largest absolute Gasteiger partial charge is 0.369 e. The molecule has 21 heavy (non-hydrogen) atoms. The molecule has 1 amide bonds. The van der Waals surface area contributed by atoms with Crippen molar-refractivity contribution in [1.29, 1.82) is 0 Å². The zero-order valence-electron chi connectivity index (χ0n) is 12.4. The highest BCUT2D eigenvalue weighted by Gasteiger charge is 2.26. The Balaban J connectivity index is 0.00000220. The summed E-state index contributed by atoms with van der Waals surface area (Å²) in [7, 11) is 0. The first-order valence-electron chi connectivity index (χ1n) is 7.04. The minimum Gasteiger partial charge on any atom is -0.369 e. The summed E-state index contributed by atoms with van der Waals surface area (Å²) in [6.07, 6.45) is 0.944. The van der Waals surface area contributed by atoms with Crippen LogP contribution in [0.2, 0.25) is 5.02 Å². The predicted molar refractivity (Wildman–Crippen MR) is 90.3 cm³/mol. The van der Waals surface area contributed by atoms with Crippen molar-refractivity contribution >= 4 is 35.6 Å². The molecule has 1 aromatic carbocycles. The van der Waals surface area contributed by atoms with Crippen LogP contribution in [0.25, 0.3) is 0 Å². The number of carbonyl (C=O) groups excluding carboxylic acids is 1. The summed E-state index contributed by atoms with van der Waals surface area (Å²) in [4.78, 5) is 14.2. The molecule has 1 aliphatic heterocycles. The van der Waals surface area contributed by atoms with Crippen LogP contribution in [0.15, 0.2) is 24.3 Å². The summed E-state index contributed by atoms with van der Waals surface area (Å²) in [5.41, 5.74) is 7.00. The van der Waals surface area contributed by atoms with Gasteiger partial charge in [0.1, 0.15) is 0 Å². The van der Waals surface area contributed by atoms with Gasteiger partial charge >= 0.3 is 0 Å². The van der Waals surface area contributed by atoms with Crippen LogP contribution in [0.5, 0.6) is 0 Å². The van der Waals surface area contributed by atoms with E-state index in [-0.39, 0.29) is 30.3 Å². The summed E-state index contributed by atoms with van der Waals surface area (Å²) < 4.78 is 0. The van der Waals surface area contributed by atoms with Gasteiger partial charge in [-0.2, -0.15) is 0 Å². The lowest BCUT2D eigenvalue weighted by molar-refractivity contribution is -0.123. The van der Waals surface area contributed by atoms with Gasteiger partial charge in [0, 0.05) is 29.8 Å². The maximum atomic E-state index is 12.0. The molecule has 1 fully saturated rings. The standard InChI is InChI=1S/C15H22ClN3O.ClH/c1-10(2)14(17)15(20)18-12-7-8-19(9-12)13-5-3-11(16)4-6-13;/h3-6,10,12,14H,7-9,17H2,1-2H3,(H,18,20);1H/t12?,14-;/m0./s1. The smallest absolute Gasteiger partial charge is 0.237 e. The molecule has 0 spiro atoms. The van der Waals surface area contributed by atoms with Crippen molar-refractivity contribution in [2.75, 3.05) is 18.0 Å². The van der Waals surface area contributed by atoms with Crippen LogP contribution in [0.3, 0.4) is 0 Å². The molecule has 118 valence electrons. The Labute approximate surface area is 137 Å². The number of nitrogens with one attached hydrogen (secondary N) is 1. The zero-order chi connectivity index (χ0) is 14.7. The number of carbonyl (C=O) groups is 1. The summed E-state index contributed by atoms with van der Waals surface area (Å²) in [5, 5.41) is 3.78. The van der Waals surface area contributed by atoms with E-state index in [1.54, 1.807) is 0 Å². The zero-order valence-corrected chi connectivity index (χ0v) is 14.0. The SMILES string of the molecule is CC(C)[C@H](N)C(=O)NC1CCN(c2ccc(Cl)cc2)C1.Cl. The van der Waals surface area contributed by atoms with E-state index >= 15 is 0 Å². The second-order valence-electron chi connectivity index (χ2n) is 5.69. The van der Waals surface area contributed by atoms with E-state index in [0.29, 0.717) is 0 Å². The Morgan fingerprint density at radius 3 is 2.57 bits per heavy atom. The van der Waals surface area contributed by atoms with Gasteiger partial charge in [0.15, 0.2) is 0 Å². The Morgan fingerprint density at radius 2 is 2.00 bits per heavy atom. The minimum absolute atomic E-state index is 0. The van der Waals surface area contributed by atoms with Gasteiger partial charge in [-0.1, -0.05) is 25.4 Å². The van der Waals surface area contributed by atoms with Crippen molar-refractivity contribution in [3.63, 3.8) is 0 Å². The van der Waals surface area contributed by atoms with Crippen LogP contribution in [0.4, 0.5) is 5.69 Å². The van der Waals surface area contributed by atoms with Crippen LogP contribution in [-0.4, -0.2) is 31.1 Å². The van der Waals surface area contributed by atoms with Gasteiger partial charge in [-0.25, -0.2) is 0 Å². The fourth-order valence-corrected chi connectivity index (χ4v) is 2.49. The molecule has 4 nitrogen and oxygen atoms in total. The molecule has 1 unspecified atom stereocenters. The van der Waals surface area contributed by atoms with Crippen LogP contribution < -0.4 is 16.0 Å². The summed E-state index contributed by atoms with van der Waals surface area (Å²) in [5.74, 6) is 0.103. The fourth-order valence-electron chi connectivity index (χ4n) is 2.36. The van der Waals surface area contributed by atoms with Gasteiger partial charge in [0.2, 0.25) is 5.91 Å².